The lowest BCUT2D eigenvalue weighted by atomic mass is 9.95. The molecule has 3 rings (SSSR count). The van der Waals surface area contributed by atoms with Gasteiger partial charge in [-0.1, -0.05) is 44.2 Å². The highest BCUT2D eigenvalue weighted by Crippen LogP contribution is 2.39. The summed E-state index contributed by atoms with van der Waals surface area (Å²) in [6.07, 6.45) is 0. The number of nitrogens with zero attached hydrogens (tertiary/aromatic N) is 2. The molecule has 1 fully saturated rings. The molecule has 2 aromatic rings. The lowest BCUT2D eigenvalue weighted by molar-refractivity contribution is -0.140. The van der Waals surface area contributed by atoms with Crippen molar-refractivity contribution in [3.05, 3.63) is 71.3 Å². The highest BCUT2D eigenvalue weighted by Gasteiger charge is 2.45. The molecule has 1 aliphatic rings. The van der Waals surface area contributed by atoms with Crippen LogP contribution < -0.4 is 0 Å². The van der Waals surface area contributed by atoms with E-state index in [-0.39, 0.29) is 34.9 Å². The zero-order chi connectivity index (χ0) is 24.2. The van der Waals surface area contributed by atoms with Gasteiger partial charge in [0.25, 0.3) is 11.7 Å². The number of Topliss-reactive ketones (excluding diaryl/α,β-unsaturated/α-hetero) is 1. The number of likely N-dealkylation sites (tertiary alicyclic amines) is 1. The van der Waals surface area contributed by atoms with Crippen molar-refractivity contribution in [2.75, 3.05) is 33.4 Å². The molecule has 8 nitrogen and oxygen atoms in total. The number of hydrogen-bond acceptors (Lipinski definition) is 6. The van der Waals surface area contributed by atoms with Crippen LogP contribution >= 0.6 is 0 Å². The number of carbonyl (C=O) groups is 2. The number of hydrogen-bond donors (Lipinski definition) is 1. The Labute approximate surface area is 194 Å². The van der Waals surface area contributed by atoms with Crippen LogP contribution in [0.15, 0.2) is 65.1 Å². The van der Waals surface area contributed by atoms with E-state index in [1.807, 2.05) is 6.07 Å². The molecule has 0 radical (unpaired) electrons. The summed E-state index contributed by atoms with van der Waals surface area (Å²) in [5.41, 5.74) is 0.885. The van der Waals surface area contributed by atoms with Crippen LogP contribution in [0.5, 0.6) is 0 Å². The molecule has 0 spiro atoms. The molecular weight excluding hydrogens is 444 g/mol. The van der Waals surface area contributed by atoms with Crippen molar-refractivity contribution >= 4 is 27.5 Å². The summed E-state index contributed by atoms with van der Waals surface area (Å²) >= 11 is 0. The van der Waals surface area contributed by atoms with Crippen LogP contribution in [0.2, 0.25) is 0 Å². The highest BCUT2D eigenvalue weighted by molar-refractivity contribution is 7.89. The topological polar surface area (TPSA) is 104 Å². The number of aliphatic hydroxyl groups excluding tert-OH is 1. The number of ketones is 1. The van der Waals surface area contributed by atoms with Gasteiger partial charge in [-0.3, -0.25) is 9.59 Å². The number of amides is 1. The van der Waals surface area contributed by atoms with Crippen LogP contribution in [0.3, 0.4) is 0 Å². The fraction of sp³-hybridized carbons (Fsp3) is 0.333. The van der Waals surface area contributed by atoms with Crippen LogP contribution in [0, 0.1) is 0 Å². The van der Waals surface area contributed by atoms with E-state index >= 15 is 0 Å². The maximum absolute atomic E-state index is 12.9. The Morgan fingerprint density at radius 1 is 1.03 bits per heavy atom. The van der Waals surface area contributed by atoms with E-state index in [9.17, 15) is 23.1 Å². The Balaban J connectivity index is 2.07. The largest absolute Gasteiger partial charge is 0.507 e. The second-order valence-electron chi connectivity index (χ2n) is 7.51. The first kappa shape index (κ1) is 24.6. The van der Waals surface area contributed by atoms with E-state index in [0.29, 0.717) is 18.7 Å². The van der Waals surface area contributed by atoms with E-state index in [1.165, 1.54) is 40.6 Å². The number of rotatable bonds is 9. The summed E-state index contributed by atoms with van der Waals surface area (Å²) in [5.74, 6) is -1.87. The van der Waals surface area contributed by atoms with E-state index in [1.54, 1.807) is 38.1 Å². The Morgan fingerprint density at radius 2 is 1.64 bits per heavy atom. The Hall–Kier alpha value is -3.01. The molecular formula is C24H28N2O6S. The minimum absolute atomic E-state index is 0.0401. The number of sulfonamides is 1. The van der Waals surface area contributed by atoms with E-state index in [2.05, 4.69) is 0 Å². The minimum atomic E-state index is -3.66. The first-order valence-corrected chi connectivity index (χ1v) is 12.1. The van der Waals surface area contributed by atoms with Gasteiger partial charge < -0.3 is 14.7 Å². The van der Waals surface area contributed by atoms with Crippen molar-refractivity contribution < 1.29 is 27.9 Å². The maximum Gasteiger partial charge on any atom is 0.295 e. The van der Waals surface area contributed by atoms with E-state index in [4.69, 9.17) is 4.74 Å². The average molecular weight is 473 g/mol. The molecule has 9 heteroatoms. The fourth-order valence-electron chi connectivity index (χ4n) is 3.94. The van der Waals surface area contributed by atoms with Crippen molar-refractivity contribution in [3.63, 3.8) is 0 Å². The third-order valence-electron chi connectivity index (χ3n) is 5.66. The molecule has 0 saturated carbocycles. The normalized spacial score (nSPS) is 18.3. The van der Waals surface area contributed by atoms with Gasteiger partial charge in [0.2, 0.25) is 10.0 Å². The van der Waals surface area contributed by atoms with Crippen molar-refractivity contribution in [3.8, 4) is 0 Å². The minimum Gasteiger partial charge on any atom is -0.507 e. The quantitative estimate of drug-likeness (QED) is 0.342. The molecule has 0 aliphatic carbocycles. The third-order valence-corrected chi connectivity index (χ3v) is 7.73. The smallest absolute Gasteiger partial charge is 0.295 e. The van der Waals surface area contributed by atoms with Crippen molar-refractivity contribution in [2.24, 2.45) is 0 Å². The Bertz CT molecular complexity index is 1140. The third kappa shape index (κ3) is 4.71. The van der Waals surface area contributed by atoms with Gasteiger partial charge in [0.15, 0.2) is 0 Å². The summed E-state index contributed by atoms with van der Waals surface area (Å²) in [6, 6.07) is 13.8. The second kappa shape index (κ2) is 10.3. The van der Waals surface area contributed by atoms with Crippen LogP contribution in [0.1, 0.15) is 31.0 Å². The zero-order valence-corrected chi connectivity index (χ0v) is 19.7. The molecule has 1 atom stereocenters. The number of aliphatic hydroxyl groups is 1. The Morgan fingerprint density at radius 3 is 2.18 bits per heavy atom. The molecule has 1 saturated heterocycles. The summed E-state index contributed by atoms with van der Waals surface area (Å²) in [5, 5.41) is 11.1. The molecule has 1 heterocycles. The molecule has 0 bridgehead atoms. The summed E-state index contributed by atoms with van der Waals surface area (Å²) in [7, 11) is -2.16. The standard InChI is InChI=1S/C24H28N2O6S/c1-4-25(5-2)33(30,31)19-13-11-18(12-14-19)22(27)20-21(17-9-7-6-8-10-17)26(15-16-32-3)24(29)23(20)28/h6-14,21,27H,4-5,15-16H2,1-3H3/t21-/m0/s1. The molecule has 0 unspecified atom stereocenters. The van der Waals surface area contributed by atoms with Crippen LogP contribution in [0.4, 0.5) is 0 Å². The molecule has 1 N–H and O–H groups in total. The van der Waals surface area contributed by atoms with Crippen molar-refractivity contribution in [1.82, 2.24) is 9.21 Å². The molecule has 1 aliphatic heterocycles. The number of ether oxygens (including phenoxy) is 1. The van der Waals surface area contributed by atoms with E-state index < -0.39 is 27.8 Å². The lowest BCUT2D eigenvalue weighted by Crippen LogP contribution is -2.32. The van der Waals surface area contributed by atoms with Gasteiger partial charge in [-0.05, 0) is 29.8 Å². The predicted molar refractivity (Wildman–Crippen MR) is 124 cm³/mol. The molecule has 0 aromatic heterocycles. The highest BCUT2D eigenvalue weighted by atomic mass is 32.2. The van der Waals surface area contributed by atoms with Crippen molar-refractivity contribution in [1.29, 1.82) is 0 Å². The zero-order valence-electron chi connectivity index (χ0n) is 18.9. The molecule has 176 valence electrons. The maximum atomic E-state index is 12.9. The number of benzene rings is 2. The monoisotopic (exact) mass is 472 g/mol. The molecule has 2 aromatic carbocycles. The van der Waals surface area contributed by atoms with Gasteiger partial charge in [0.1, 0.15) is 5.76 Å². The van der Waals surface area contributed by atoms with Gasteiger partial charge in [-0.15, -0.1) is 0 Å². The van der Waals surface area contributed by atoms with Gasteiger partial charge in [-0.25, -0.2) is 8.42 Å². The van der Waals surface area contributed by atoms with Gasteiger partial charge in [-0.2, -0.15) is 4.31 Å². The Kier molecular flexibility index (Phi) is 7.68. The summed E-state index contributed by atoms with van der Waals surface area (Å²) in [6.45, 7) is 4.60. The summed E-state index contributed by atoms with van der Waals surface area (Å²) < 4.78 is 31.9. The first-order valence-electron chi connectivity index (χ1n) is 10.7. The molecule has 1 amide bonds. The number of carbonyl (C=O) groups excluding carboxylic acids is 2. The molecule has 33 heavy (non-hydrogen) atoms. The predicted octanol–water partition coefficient (Wildman–Crippen LogP) is 2.79. The van der Waals surface area contributed by atoms with Crippen molar-refractivity contribution in [2.45, 2.75) is 24.8 Å². The average Bonchev–Trinajstić information content (AvgIpc) is 3.08. The lowest BCUT2D eigenvalue weighted by Gasteiger charge is -2.25. The van der Waals surface area contributed by atoms with Gasteiger partial charge in [0.05, 0.1) is 23.1 Å². The van der Waals surface area contributed by atoms with Crippen LogP contribution in [-0.2, 0) is 24.3 Å². The van der Waals surface area contributed by atoms with Gasteiger partial charge >= 0.3 is 0 Å². The second-order valence-corrected chi connectivity index (χ2v) is 9.45. The summed E-state index contributed by atoms with van der Waals surface area (Å²) in [4.78, 5) is 27.1. The fourth-order valence-corrected chi connectivity index (χ4v) is 5.39. The van der Waals surface area contributed by atoms with E-state index in [0.717, 1.165) is 0 Å². The van der Waals surface area contributed by atoms with Gasteiger partial charge in [0, 0.05) is 32.3 Å². The SMILES string of the molecule is CCN(CC)S(=O)(=O)c1ccc(C(O)=C2C(=O)C(=O)N(CCOC)[C@H]2c2ccccc2)cc1. The van der Waals surface area contributed by atoms with Crippen LogP contribution in [0.25, 0.3) is 5.76 Å². The van der Waals surface area contributed by atoms with Crippen LogP contribution in [-0.4, -0.2) is 67.8 Å². The number of methoxy groups -OCH3 is 1. The first-order chi connectivity index (χ1) is 15.8.